The van der Waals surface area contributed by atoms with Gasteiger partial charge in [-0.2, -0.15) is 0 Å². The van der Waals surface area contributed by atoms with E-state index in [2.05, 4.69) is 15.0 Å². The van der Waals surface area contributed by atoms with Crippen LogP contribution in [0.4, 0.5) is 0 Å². The van der Waals surface area contributed by atoms with Crippen molar-refractivity contribution in [3.05, 3.63) is 40.3 Å². The molecule has 3 aliphatic rings. The number of aliphatic carboxylic acids is 1. The molecule has 1 N–H and O–H groups in total. The van der Waals surface area contributed by atoms with E-state index in [9.17, 15) is 14.7 Å². The lowest BCUT2D eigenvalue weighted by Crippen LogP contribution is -2.45. The fourth-order valence-electron chi connectivity index (χ4n) is 6.76. The molecule has 1 aromatic heterocycles. The van der Waals surface area contributed by atoms with Crippen LogP contribution in [-0.2, 0) is 14.4 Å². The number of oxime groups is 1. The summed E-state index contributed by atoms with van der Waals surface area (Å²) >= 11 is 0. The highest BCUT2D eigenvalue weighted by Gasteiger charge is 2.39. The van der Waals surface area contributed by atoms with Gasteiger partial charge in [-0.15, -0.1) is 0 Å². The molecular formula is C27H36N4O5. The maximum Gasteiger partial charge on any atom is 0.360 e. The summed E-state index contributed by atoms with van der Waals surface area (Å²) in [4.78, 5) is 37.1. The highest BCUT2D eigenvalue weighted by Crippen LogP contribution is 2.41. The molecule has 1 aromatic carbocycles. The van der Waals surface area contributed by atoms with Crippen LogP contribution in [0, 0.1) is 11.8 Å². The van der Waals surface area contributed by atoms with Gasteiger partial charge in [0, 0.05) is 18.1 Å². The summed E-state index contributed by atoms with van der Waals surface area (Å²) in [6.45, 7) is 3.30. The second-order valence-electron chi connectivity index (χ2n) is 10.7. The van der Waals surface area contributed by atoms with Crippen molar-refractivity contribution in [2.24, 2.45) is 17.0 Å². The van der Waals surface area contributed by atoms with Gasteiger partial charge in [-0.25, -0.2) is 9.78 Å². The molecule has 3 fully saturated rings. The van der Waals surface area contributed by atoms with Crippen molar-refractivity contribution in [2.45, 2.75) is 76.4 Å². The molecular weight excluding hydrogens is 460 g/mol. The van der Waals surface area contributed by atoms with Crippen molar-refractivity contribution < 1.29 is 19.5 Å². The number of carboxylic acids is 1. The van der Waals surface area contributed by atoms with E-state index in [-0.39, 0.29) is 17.8 Å². The number of rotatable bonds is 7. The maximum atomic E-state index is 13.6. The van der Waals surface area contributed by atoms with Gasteiger partial charge in [0.25, 0.3) is 5.56 Å². The van der Waals surface area contributed by atoms with Crippen molar-refractivity contribution in [3.63, 3.8) is 0 Å². The van der Waals surface area contributed by atoms with Crippen molar-refractivity contribution >= 4 is 22.7 Å². The van der Waals surface area contributed by atoms with Gasteiger partial charge < -0.3 is 19.2 Å². The Bertz CT molecular complexity index is 1180. The third kappa shape index (κ3) is 4.91. The predicted molar refractivity (Wildman–Crippen MR) is 136 cm³/mol. The van der Waals surface area contributed by atoms with Crippen LogP contribution in [0.5, 0.6) is 0 Å². The lowest BCUT2D eigenvalue weighted by atomic mass is 9.77. The smallest absolute Gasteiger partial charge is 0.360 e. The number of ether oxygens (including phenoxy) is 1. The van der Waals surface area contributed by atoms with Gasteiger partial charge in [0.15, 0.2) is 5.69 Å². The van der Waals surface area contributed by atoms with E-state index in [4.69, 9.17) is 9.57 Å². The Hall–Kier alpha value is -2.78. The minimum atomic E-state index is -1.36. The van der Waals surface area contributed by atoms with Gasteiger partial charge in [-0.3, -0.25) is 9.69 Å². The summed E-state index contributed by atoms with van der Waals surface area (Å²) in [6.07, 6.45) is 9.99. The van der Waals surface area contributed by atoms with Crippen LogP contribution >= 0.6 is 0 Å². The summed E-state index contributed by atoms with van der Waals surface area (Å²) in [5.74, 6) is 0.280. The van der Waals surface area contributed by atoms with Crippen LogP contribution in [0.2, 0.25) is 0 Å². The zero-order valence-electron chi connectivity index (χ0n) is 21.1. The fraction of sp³-hybridized carbons (Fsp3) is 0.630. The third-order valence-corrected chi connectivity index (χ3v) is 8.30. The first kappa shape index (κ1) is 24.9. The van der Waals surface area contributed by atoms with Crippen molar-refractivity contribution in [1.82, 2.24) is 14.5 Å². The highest BCUT2D eigenvalue weighted by molar-refractivity contribution is 6.41. The topological polar surface area (TPSA) is 106 Å². The van der Waals surface area contributed by atoms with E-state index >= 15 is 0 Å². The number of aromatic nitrogens is 2. The number of hydrogen-bond donors (Lipinski definition) is 1. The average molecular weight is 497 g/mol. The second-order valence-corrected chi connectivity index (χ2v) is 10.7. The van der Waals surface area contributed by atoms with E-state index in [1.165, 1.54) is 52.1 Å². The average Bonchev–Trinajstić information content (AvgIpc) is 3.25. The Morgan fingerprint density at radius 3 is 2.64 bits per heavy atom. The van der Waals surface area contributed by atoms with Crippen LogP contribution in [0.25, 0.3) is 11.0 Å². The molecule has 2 heterocycles. The van der Waals surface area contributed by atoms with Gasteiger partial charge in [-0.1, -0.05) is 43.0 Å². The standard InChI is InChI=1S/C27H36N4O5/c1-17(11-21-15-36-16-30(21)20-13-18-7-3-4-8-19(12-18)14-20)31-23-10-6-5-9-22(23)28-24(26(31)32)25(27(33)34)29-35-2/h5-6,9-10,17-21H,3-4,7-8,11-16H2,1-2H3,(H,33,34)/b29-25-/t17-,18?,19?,20?,21+/m0/s1. The summed E-state index contributed by atoms with van der Waals surface area (Å²) < 4.78 is 7.64. The van der Waals surface area contributed by atoms with E-state index < -0.39 is 17.2 Å². The quantitative estimate of drug-likeness (QED) is 0.459. The normalized spacial score (nSPS) is 28.1. The zero-order chi connectivity index (χ0) is 25.2. The molecule has 0 amide bonds. The molecule has 36 heavy (non-hydrogen) atoms. The lowest BCUT2D eigenvalue weighted by molar-refractivity contribution is -0.129. The summed E-state index contributed by atoms with van der Waals surface area (Å²) in [5, 5.41) is 13.2. The summed E-state index contributed by atoms with van der Waals surface area (Å²) in [7, 11) is 1.25. The zero-order valence-corrected chi connectivity index (χ0v) is 21.1. The molecule has 9 heteroatoms. The number of hydrogen-bond acceptors (Lipinski definition) is 7. The Morgan fingerprint density at radius 1 is 1.22 bits per heavy atom. The molecule has 2 aliphatic carbocycles. The molecule has 2 aromatic rings. The number of nitrogens with zero attached hydrogens (tertiary/aromatic N) is 4. The van der Waals surface area contributed by atoms with Crippen LogP contribution in [0.3, 0.4) is 0 Å². The maximum absolute atomic E-state index is 13.6. The van der Waals surface area contributed by atoms with Crippen LogP contribution < -0.4 is 5.56 Å². The van der Waals surface area contributed by atoms with Crippen LogP contribution in [0.1, 0.15) is 70.0 Å². The van der Waals surface area contributed by atoms with E-state index in [1.54, 1.807) is 10.6 Å². The lowest BCUT2D eigenvalue weighted by Gasteiger charge is -2.40. The largest absolute Gasteiger partial charge is 0.476 e. The first-order chi connectivity index (χ1) is 17.5. The van der Waals surface area contributed by atoms with Gasteiger partial charge >= 0.3 is 5.97 Å². The number of para-hydroxylation sites is 2. The first-order valence-corrected chi connectivity index (χ1v) is 13.2. The predicted octanol–water partition coefficient (Wildman–Crippen LogP) is 3.80. The molecule has 0 radical (unpaired) electrons. The minimum absolute atomic E-state index is 0.193. The monoisotopic (exact) mass is 496 g/mol. The van der Waals surface area contributed by atoms with Gasteiger partial charge in [0.1, 0.15) is 7.11 Å². The number of carbonyl (C=O) groups is 1. The molecule has 2 unspecified atom stereocenters. The molecule has 9 nitrogen and oxygen atoms in total. The molecule has 2 bridgehead atoms. The van der Waals surface area contributed by atoms with E-state index in [1.807, 2.05) is 25.1 Å². The number of fused-ring (bicyclic) bond motifs is 3. The second kappa shape index (κ2) is 10.7. The SMILES string of the molecule is CO/N=C(\C(=O)O)c1nc2ccccc2n([C@@H](C)C[C@@H]2COCN2C2CC3CCCCC(C3)C2)c1=O. The highest BCUT2D eigenvalue weighted by atomic mass is 16.6. The van der Waals surface area contributed by atoms with Crippen molar-refractivity contribution in [2.75, 3.05) is 20.4 Å². The Kier molecular flexibility index (Phi) is 7.39. The van der Waals surface area contributed by atoms with E-state index in [0.717, 1.165) is 18.3 Å². The molecule has 2 saturated carbocycles. The Labute approximate surface area is 211 Å². The van der Waals surface area contributed by atoms with Crippen LogP contribution in [-0.4, -0.2) is 63.8 Å². The Morgan fingerprint density at radius 2 is 1.94 bits per heavy atom. The minimum Gasteiger partial charge on any atom is -0.476 e. The number of carboxylic acid groups (broad SMARTS) is 1. The summed E-state index contributed by atoms with van der Waals surface area (Å²) in [6, 6.07) is 7.86. The van der Waals surface area contributed by atoms with E-state index in [0.29, 0.717) is 30.4 Å². The third-order valence-electron chi connectivity index (χ3n) is 8.30. The molecule has 0 spiro atoms. The molecule has 1 saturated heterocycles. The van der Waals surface area contributed by atoms with Gasteiger partial charge in [0.2, 0.25) is 5.71 Å². The van der Waals surface area contributed by atoms with Gasteiger partial charge in [-0.05, 0) is 56.6 Å². The molecule has 1 aliphatic heterocycles. The van der Waals surface area contributed by atoms with Gasteiger partial charge in [0.05, 0.1) is 24.4 Å². The van der Waals surface area contributed by atoms with Crippen LogP contribution in [0.15, 0.2) is 34.2 Å². The molecule has 5 rings (SSSR count). The van der Waals surface area contributed by atoms with Crippen molar-refractivity contribution in [3.8, 4) is 0 Å². The summed E-state index contributed by atoms with van der Waals surface area (Å²) in [5.41, 5.74) is 0.0270. The molecule has 194 valence electrons. The fourth-order valence-corrected chi connectivity index (χ4v) is 6.76. The first-order valence-electron chi connectivity index (χ1n) is 13.2. The van der Waals surface area contributed by atoms with Crippen molar-refractivity contribution in [1.29, 1.82) is 0 Å². The Balaban J connectivity index is 1.45. The molecule has 4 atom stereocenters. The number of benzene rings is 1.